The van der Waals surface area contributed by atoms with Gasteiger partial charge < -0.3 is 21.3 Å². The molecule has 8 heteroatoms. The number of carboxylic acid groups (broad SMARTS) is 1. The number of carbonyl (C=O) groups is 2. The topological polar surface area (TPSA) is 116 Å². The van der Waals surface area contributed by atoms with Gasteiger partial charge in [0, 0.05) is 22.9 Å². The molecule has 0 heterocycles. The molecule has 2 aromatic carbocycles. The van der Waals surface area contributed by atoms with Gasteiger partial charge in [-0.15, -0.1) is 0 Å². The zero-order chi connectivity index (χ0) is 22.9. The van der Waals surface area contributed by atoms with E-state index in [1.165, 1.54) is 6.92 Å². The van der Waals surface area contributed by atoms with Crippen molar-refractivity contribution in [3.63, 3.8) is 0 Å². The van der Waals surface area contributed by atoms with E-state index >= 15 is 0 Å². The minimum atomic E-state index is -1.23. The summed E-state index contributed by atoms with van der Waals surface area (Å²) in [5, 5.41) is 10.1. The number of esters is 1. The maximum atomic E-state index is 11.6. The number of hydrogen-bond acceptors (Lipinski definition) is 5. The van der Waals surface area contributed by atoms with Crippen LogP contribution in [-0.4, -0.2) is 34.7 Å². The first kappa shape index (κ1) is 25.9. The molecule has 0 amide bonds. The number of rotatable bonds is 7. The number of hydrogen-bond donors (Lipinski definition) is 3. The molecule has 0 spiro atoms. The van der Waals surface area contributed by atoms with Crippen LogP contribution >= 0.6 is 23.2 Å². The fourth-order valence-corrected chi connectivity index (χ4v) is 2.75. The van der Waals surface area contributed by atoms with Crippen LogP contribution in [0.25, 0.3) is 0 Å². The summed E-state index contributed by atoms with van der Waals surface area (Å²) in [5.74, 6) is -1.39. The van der Waals surface area contributed by atoms with Crippen LogP contribution in [0.4, 0.5) is 0 Å². The Morgan fingerprint density at radius 1 is 0.867 bits per heavy atom. The van der Waals surface area contributed by atoms with Crippen molar-refractivity contribution in [1.82, 2.24) is 0 Å². The standard InChI is InChI=1S/C12H16ClNO2.C10H12ClNO2/c1-3-16-11(15)12(2,14)8-9-4-6-10(13)7-5-9;1-10(12,9(13)14)6-7-2-4-8(11)5-3-7/h4-7H,3,8,14H2,1-2H3;2-5H,6,12H2,1H3,(H,13,14)/t12-;10-/m01/s1. The molecule has 0 aliphatic rings. The van der Waals surface area contributed by atoms with Crippen LogP contribution in [0.15, 0.2) is 48.5 Å². The van der Waals surface area contributed by atoms with Crippen LogP contribution < -0.4 is 11.5 Å². The zero-order valence-corrected chi connectivity index (χ0v) is 18.8. The lowest BCUT2D eigenvalue weighted by Gasteiger charge is -2.22. The molecular formula is C22H28Cl2N2O4. The monoisotopic (exact) mass is 454 g/mol. The molecule has 2 aromatic rings. The van der Waals surface area contributed by atoms with Crippen LogP contribution in [-0.2, 0) is 27.2 Å². The Morgan fingerprint density at radius 3 is 1.57 bits per heavy atom. The van der Waals surface area contributed by atoms with Crippen molar-refractivity contribution >= 4 is 35.1 Å². The summed E-state index contributed by atoms with van der Waals surface area (Å²) >= 11 is 11.5. The lowest BCUT2D eigenvalue weighted by Crippen LogP contribution is -2.48. The summed E-state index contributed by atoms with van der Waals surface area (Å²) in [4.78, 5) is 22.3. The SMILES string of the molecule is CCOC(=O)[C@@](C)(N)Cc1ccc(Cl)cc1.C[C@@](N)(Cc1ccc(Cl)cc1)C(=O)O. The Kier molecular flexibility index (Phi) is 9.78. The Hall–Kier alpha value is -2.12. The lowest BCUT2D eigenvalue weighted by molar-refractivity contribution is -0.149. The van der Waals surface area contributed by atoms with E-state index in [-0.39, 0.29) is 5.97 Å². The first-order valence-corrected chi connectivity index (χ1v) is 10.1. The number of ether oxygens (including phenoxy) is 1. The minimum absolute atomic E-state index is 0.291. The lowest BCUT2D eigenvalue weighted by atomic mass is 9.94. The first-order chi connectivity index (χ1) is 13.9. The Bertz CT molecular complexity index is 835. The molecule has 0 aliphatic heterocycles. The van der Waals surface area contributed by atoms with E-state index in [2.05, 4.69) is 0 Å². The third-order valence-electron chi connectivity index (χ3n) is 4.20. The molecule has 30 heavy (non-hydrogen) atoms. The van der Waals surface area contributed by atoms with Gasteiger partial charge in [0.05, 0.1) is 6.61 Å². The fourth-order valence-electron chi connectivity index (χ4n) is 2.50. The molecule has 6 nitrogen and oxygen atoms in total. The van der Waals surface area contributed by atoms with Gasteiger partial charge in [-0.05, 0) is 56.2 Å². The molecule has 2 rings (SSSR count). The van der Waals surface area contributed by atoms with E-state index in [1.807, 2.05) is 12.1 Å². The molecule has 164 valence electrons. The Morgan fingerprint density at radius 2 is 1.23 bits per heavy atom. The molecule has 0 saturated heterocycles. The Labute approximate surface area is 187 Å². The maximum absolute atomic E-state index is 11.6. The third-order valence-corrected chi connectivity index (χ3v) is 4.70. The fraction of sp³-hybridized carbons (Fsp3) is 0.364. The predicted octanol–water partition coefficient (Wildman–Crippen LogP) is 3.85. The van der Waals surface area contributed by atoms with E-state index in [0.29, 0.717) is 29.5 Å². The highest BCUT2D eigenvalue weighted by Crippen LogP contribution is 2.16. The molecule has 0 bridgehead atoms. The molecule has 0 fully saturated rings. The molecule has 0 aliphatic carbocycles. The highest BCUT2D eigenvalue weighted by Gasteiger charge is 2.30. The Balaban J connectivity index is 0.000000303. The van der Waals surface area contributed by atoms with Crippen molar-refractivity contribution in [3.8, 4) is 0 Å². The van der Waals surface area contributed by atoms with Crippen LogP contribution in [0.2, 0.25) is 10.0 Å². The first-order valence-electron chi connectivity index (χ1n) is 9.34. The van der Waals surface area contributed by atoms with Crippen LogP contribution in [0.5, 0.6) is 0 Å². The number of aliphatic carboxylic acids is 1. The van der Waals surface area contributed by atoms with Crippen LogP contribution in [0, 0.1) is 0 Å². The minimum Gasteiger partial charge on any atom is -0.480 e. The van der Waals surface area contributed by atoms with Gasteiger partial charge in [-0.1, -0.05) is 47.5 Å². The second-order valence-corrected chi connectivity index (χ2v) is 8.34. The normalized spacial score (nSPS) is 14.5. The van der Waals surface area contributed by atoms with E-state index in [9.17, 15) is 9.59 Å². The summed E-state index contributed by atoms with van der Waals surface area (Å²) in [6.07, 6.45) is 0.725. The third kappa shape index (κ3) is 8.71. The number of benzene rings is 2. The van der Waals surface area contributed by atoms with Gasteiger partial charge in [-0.3, -0.25) is 9.59 Å². The summed E-state index contributed by atoms with van der Waals surface area (Å²) in [6.45, 7) is 5.26. The second-order valence-electron chi connectivity index (χ2n) is 7.47. The molecule has 2 atom stereocenters. The quantitative estimate of drug-likeness (QED) is 0.547. The predicted molar refractivity (Wildman–Crippen MR) is 120 cm³/mol. The number of carbonyl (C=O) groups excluding carboxylic acids is 1. The van der Waals surface area contributed by atoms with Crippen molar-refractivity contribution in [2.45, 2.75) is 44.7 Å². The van der Waals surface area contributed by atoms with Crippen molar-refractivity contribution in [2.75, 3.05) is 6.61 Å². The number of carboxylic acids is 1. The van der Waals surface area contributed by atoms with Gasteiger partial charge in [0.1, 0.15) is 11.1 Å². The molecular weight excluding hydrogens is 427 g/mol. The van der Waals surface area contributed by atoms with Gasteiger partial charge in [-0.2, -0.15) is 0 Å². The van der Waals surface area contributed by atoms with Crippen molar-refractivity contribution in [2.24, 2.45) is 11.5 Å². The highest BCUT2D eigenvalue weighted by molar-refractivity contribution is 6.30. The average Bonchev–Trinajstić information content (AvgIpc) is 2.66. The van der Waals surface area contributed by atoms with Gasteiger partial charge in [-0.25, -0.2) is 0 Å². The molecule has 0 radical (unpaired) electrons. The van der Waals surface area contributed by atoms with Crippen molar-refractivity contribution in [3.05, 3.63) is 69.7 Å². The molecule has 0 saturated carbocycles. The van der Waals surface area contributed by atoms with E-state index < -0.39 is 17.0 Å². The van der Waals surface area contributed by atoms with Crippen molar-refractivity contribution in [1.29, 1.82) is 0 Å². The average molecular weight is 455 g/mol. The second kappa shape index (κ2) is 11.3. The number of nitrogens with two attached hydrogens (primary N) is 2. The smallest absolute Gasteiger partial charge is 0.326 e. The molecule has 0 unspecified atom stereocenters. The largest absolute Gasteiger partial charge is 0.480 e. The summed E-state index contributed by atoms with van der Waals surface area (Å²) in [5.41, 5.74) is 11.1. The van der Waals surface area contributed by atoms with Gasteiger partial charge in [0.25, 0.3) is 0 Å². The van der Waals surface area contributed by atoms with E-state index in [1.54, 1.807) is 50.2 Å². The van der Waals surface area contributed by atoms with E-state index in [0.717, 1.165) is 11.1 Å². The zero-order valence-electron chi connectivity index (χ0n) is 17.3. The summed E-state index contributed by atoms with van der Waals surface area (Å²) in [6, 6.07) is 14.2. The van der Waals surface area contributed by atoms with E-state index in [4.69, 9.17) is 44.5 Å². The van der Waals surface area contributed by atoms with Gasteiger partial charge in [0.2, 0.25) is 0 Å². The van der Waals surface area contributed by atoms with Crippen LogP contribution in [0.1, 0.15) is 31.9 Å². The van der Waals surface area contributed by atoms with Gasteiger partial charge in [0.15, 0.2) is 0 Å². The number of halogens is 2. The van der Waals surface area contributed by atoms with Crippen molar-refractivity contribution < 1.29 is 19.4 Å². The maximum Gasteiger partial charge on any atom is 0.326 e. The molecule has 0 aromatic heterocycles. The highest BCUT2D eigenvalue weighted by atomic mass is 35.5. The van der Waals surface area contributed by atoms with Crippen LogP contribution in [0.3, 0.4) is 0 Å². The summed E-state index contributed by atoms with van der Waals surface area (Å²) < 4.78 is 4.91. The molecule has 5 N–H and O–H groups in total. The summed E-state index contributed by atoms with van der Waals surface area (Å²) in [7, 11) is 0. The van der Waals surface area contributed by atoms with Gasteiger partial charge >= 0.3 is 11.9 Å².